The van der Waals surface area contributed by atoms with Crippen LogP contribution in [0.5, 0.6) is 0 Å². The molecule has 2 aromatic heterocycles. The third-order valence-electron chi connectivity index (χ3n) is 3.73. The molecule has 0 amide bonds. The van der Waals surface area contributed by atoms with Gasteiger partial charge in [-0.1, -0.05) is 41.7 Å². The van der Waals surface area contributed by atoms with Crippen LogP contribution in [0.2, 0.25) is 0 Å². The van der Waals surface area contributed by atoms with Crippen molar-refractivity contribution in [1.82, 2.24) is 20.0 Å². The number of anilines is 1. The first-order valence-electron chi connectivity index (χ1n) is 7.73. The SMILES string of the molecule is Cc1nnc(Cn2ncc(N(C)CCc3ccccc3)cc2=O)s1. The van der Waals surface area contributed by atoms with Crippen LogP contribution in [0.3, 0.4) is 0 Å². The summed E-state index contributed by atoms with van der Waals surface area (Å²) in [6.07, 6.45) is 2.64. The Morgan fingerprint density at radius 1 is 1.21 bits per heavy atom. The number of benzene rings is 1. The van der Waals surface area contributed by atoms with E-state index in [2.05, 4.69) is 27.4 Å². The van der Waals surface area contributed by atoms with Gasteiger partial charge in [0, 0.05) is 19.7 Å². The lowest BCUT2D eigenvalue weighted by molar-refractivity contribution is 0.630. The number of likely N-dealkylation sites (N-methyl/N-ethyl adjacent to an activating group) is 1. The van der Waals surface area contributed by atoms with Crippen LogP contribution in [0.15, 0.2) is 47.4 Å². The molecule has 0 unspecified atom stereocenters. The van der Waals surface area contributed by atoms with Gasteiger partial charge in [0.25, 0.3) is 5.56 Å². The highest BCUT2D eigenvalue weighted by atomic mass is 32.1. The average molecular weight is 341 g/mol. The number of aromatic nitrogens is 4. The normalized spacial score (nSPS) is 10.8. The minimum Gasteiger partial charge on any atom is -0.373 e. The molecule has 0 saturated carbocycles. The number of rotatable bonds is 6. The molecule has 0 radical (unpaired) electrons. The Morgan fingerprint density at radius 3 is 2.67 bits per heavy atom. The van der Waals surface area contributed by atoms with E-state index in [0.717, 1.165) is 28.7 Å². The molecule has 24 heavy (non-hydrogen) atoms. The molecular weight excluding hydrogens is 322 g/mol. The highest BCUT2D eigenvalue weighted by Gasteiger charge is 2.08. The van der Waals surface area contributed by atoms with E-state index < -0.39 is 0 Å². The fourth-order valence-corrected chi connectivity index (χ4v) is 3.04. The fraction of sp³-hybridized carbons (Fsp3) is 0.294. The van der Waals surface area contributed by atoms with Crippen molar-refractivity contribution >= 4 is 17.0 Å². The summed E-state index contributed by atoms with van der Waals surface area (Å²) in [6.45, 7) is 3.07. The maximum absolute atomic E-state index is 12.3. The van der Waals surface area contributed by atoms with E-state index in [-0.39, 0.29) is 5.56 Å². The molecule has 1 aromatic carbocycles. The Kier molecular flexibility index (Phi) is 5.00. The topological polar surface area (TPSA) is 63.9 Å². The molecule has 0 N–H and O–H groups in total. The molecule has 0 aliphatic carbocycles. The zero-order valence-electron chi connectivity index (χ0n) is 13.7. The smallest absolute Gasteiger partial charge is 0.269 e. The van der Waals surface area contributed by atoms with Crippen molar-refractivity contribution in [1.29, 1.82) is 0 Å². The maximum atomic E-state index is 12.3. The predicted molar refractivity (Wildman–Crippen MR) is 95.7 cm³/mol. The second kappa shape index (κ2) is 7.35. The Hall–Kier alpha value is -2.54. The largest absolute Gasteiger partial charge is 0.373 e. The molecule has 3 rings (SSSR count). The third-order valence-corrected chi connectivity index (χ3v) is 4.55. The van der Waals surface area contributed by atoms with E-state index in [4.69, 9.17) is 0 Å². The Morgan fingerprint density at radius 2 is 2.00 bits per heavy atom. The Balaban J connectivity index is 1.66. The molecule has 0 saturated heterocycles. The molecule has 0 aliphatic heterocycles. The van der Waals surface area contributed by atoms with Gasteiger partial charge in [-0.25, -0.2) is 4.68 Å². The lowest BCUT2D eigenvalue weighted by Gasteiger charge is -2.19. The number of aryl methyl sites for hydroxylation is 1. The van der Waals surface area contributed by atoms with Gasteiger partial charge in [-0.15, -0.1) is 10.2 Å². The van der Waals surface area contributed by atoms with Crippen molar-refractivity contribution in [3.8, 4) is 0 Å². The second-order valence-electron chi connectivity index (χ2n) is 5.58. The minimum atomic E-state index is -0.132. The van der Waals surface area contributed by atoms with Crippen LogP contribution in [0.1, 0.15) is 15.6 Å². The summed E-state index contributed by atoms with van der Waals surface area (Å²) >= 11 is 1.48. The highest BCUT2D eigenvalue weighted by Crippen LogP contribution is 2.11. The van der Waals surface area contributed by atoms with Gasteiger partial charge in [-0.2, -0.15) is 5.10 Å². The molecule has 0 bridgehead atoms. The summed E-state index contributed by atoms with van der Waals surface area (Å²) in [5, 5.41) is 13.9. The monoisotopic (exact) mass is 341 g/mol. The Bertz CT molecular complexity index is 859. The van der Waals surface area contributed by atoms with Gasteiger partial charge in [0.05, 0.1) is 18.4 Å². The van der Waals surface area contributed by atoms with Crippen LogP contribution < -0.4 is 10.5 Å². The van der Waals surface area contributed by atoms with Gasteiger partial charge in [0.15, 0.2) is 0 Å². The van der Waals surface area contributed by atoms with Gasteiger partial charge in [-0.3, -0.25) is 4.79 Å². The molecular formula is C17H19N5OS. The third kappa shape index (κ3) is 4.05. The summed E-state index contributed by atoms with van der Waals surface area (Å²) < 4.78 is 1.41. The van der Waals surface area contributed by atoms with Crippen LogP contribution >= 0.6 is 11.3 Å². The van der Waals surface area contributed by atoms with Crippen molar-refractivity contribution in [3.63, 3.8) is 0 Å². The first-order valence-corrected chi connectivity index (χ1v) is 8.54. The van der Waals surface area contributed by atoms with Crippen LogP contribution in [-0.4, -0.2) is 33.6 Å². The van der Waals surface area contributed by atoms with Crippen molar-refractivity contribution in [2.75, 3.05) is 18.5 Å². The van der Waals surface area contributed by atoms with Crippen LogP contribution in [0.4, 0.5) is 5.69 Å². The summed E-state index contributed by atoms with van der Waals surface area (Å²) in [5.74, 6) is 0. The fourth-order valence-electron chi connectivity index (χ4n) is 2.35. The molecule has 7 heteroatoms. The summed E-state index contributed by atoms with van der Waals surface area (Å²) in [7, 11) is 1.97. The minimum absolute atomic E-state index is 0.132. The molecule has 3 aromatic rings. The standard InChI is InChI=1S/C17H19N5OS/c1-13-19-20-16(24-13)12-22-17(23)10-15(11-18-22)21(2)9-8-14-6-4-3-5-7-14/h3-7,10-11H,8-9,12H2,1-2H3. The molecule has 2 heterocycles. The summed E-state index contributed by atoms with van der Waals surface area (Å²) in [4.78, 5) is 14.3. The van der Waals surface area contributed by atoms with Gasteiger partial charge in [0.2, 0.25) is 0 Å². The van der Waals surface area contributed by atoms with Gasteiger partial charge in [0.1, 0.15) is 10.0 Å². The van der Waals surface area contributed by atoms with Gasteiger partial charge >= 0.3 is 0 Å². The van der Waals surface area contributed by atoms with Crippen LogP contribution in [0, 0.1) is 6.92 Å². The van der Waals surface area contributed by atoms with E-state index in [9.17, 15) is 4.79 Å². The molecule has 124 valence electrons. The molecule has 0 spiro atoms. The predicted octanol–water partition coefficient (Wildman–Crippen LogP) is 2.13. The van der Waals surface area contributed by atoms with Crippen molar-refractivity contribution in [2.45, 2.75) is 19.9 Å². The van der Waals surface area contributed by atoms with E-state index >= 15 is 0 Å². The lowest BCUT2D eigenvalue weighted by Crippen LogP contribution is -2.27. The van der Waals surface area contributed by atoms with Crippen molar-refractivity contribution in [3.05, 3.63) is 68.5 Å². The van der Waals surface area contributed by atoms with Crippen LogP contribution in [0.25, 0.3) is 0 Å². The van der Waals surface area contributed by atoms with Crippen molar-refractivity contribution in [2.24, 2.45) is 0 Å². The average Bonchev–Trinajstić information content (AvgIpc) is 3.00. The van der Waals surface area contributed by atoms with E-state index in [1.54, 1.807) is 12.3 Å². The molecule has 6 nitrogen and oxygen atoms in total. The first kappa shape index (κ1) is 16.3. The van der Waals surface area contributed by atoms with Gasteiger partial charge in [-0.05, 0) is 18.9 Å². The first-order chi connectivity index (χ1) is 11.6. The maximum Gasteiger partial charge on any atom is 0.269 e. The van der Waals surface area contributed by atoms with E-state index in [1.807, 2.05) is 37.1 Å². The van der Waals surface area contributed by atoms with Gasteiger partial charge < -0.3 is 4.90 Å². The number of hydrogen-bond acceptors (Lipinski definition) is 6. The molecule has 0 aliphatic rings. The number of hydrogen-bond donors (Lipinski definition) is 0. The highest BCUT2D eigenvalue weighted by molar-refractivity contribution is 7.11. The molecule has 0 atom stereocenters. The van der Waals surface area contributed by atoms with E-state index in [0.29, 0.717) is 6.54 Å². The van der Waals surface area contributed by atoms with Crippen LogP contribution in [-0.2, 0) is 13.0 Å². The Labute approximate surface area is 144 Å². The summed E-state index contributed by atoms with van der Waals surface area (Å²) in [5.41, 5.74) is 1.96. The lowest BCUT2D eigenvalue weighted by atomic mass is 10.1. The second-order valence-corrected chi connectivity index (χ2v) is 6.85. The number of nitrogens with zero attached hydrogens (tertiary/aromatic N) is 5. The van der Waals surface area contributed by atoms with Crippen molar-refractivity contribution < 1.29 is 0 Å². The van der Waals surface area contributed by atoms with E-state index in [1.165, 1.54) is 21.6 Å². The zero-order chi connectivity index (χ0) is 16.9. The summed E-state index contributed by atoms with van der Waals surface area (Å²) in [6, 6.07) is 11.9. The molecule has 0 fully saturated rings. The quantitative estimate of drug-likeness (QED) is 0.687. The zero-order valence-corrected chi connectivity index (χ0v) is 14.5.